The molecule has 0 saturated heterocycles. The maximum absolute atomic E-state index is 11.2. The van der Waals surface area contributed by atoms with E-state index in [1.54, 1.807) is 0 Å². The van der Waals surface area contributed by atoms with Crippen LogP contribution in [0.25, 0.3) is 0 Å². The second kappa shape index (κ2) is 7.10. The molecule has 0 aliphatic heterocycles. The Kier molecular flexibility index (Phi) is 6.09. The minimum atomic E-state index is -0.664. The van der Waals surface area contributed by atoms with Gasteiger partial charge in [-0.25, -0.2) is 0 Å². The zero-order valence-corrected chi connectivity index (χ0v) is 11.6. The molecule has 0 amide bonds. The highest BCUT2D eigenvalue weighted by Gasteiger charge is 2.31. The second-order valence-electron chi connectivity index (χ2n) is 5.55. The maximum Gasteiger partial charge on any atom is 0.306 e. The van der Waals surface area contributed by atoms with Gasteiger partial charge < -0.3 is 15.5 Å². The summed E-state index contributed by atoms with van der Waals surface area (Å²) in [6.45, 7) is 5.22. The molecule has 106 valence electrons. The van der Waals surface area contributed by atoms with E-state index in [1.165, 1.54) is 0 Å². The molecule has 1 aliphatic rings. The van der Waals surface area contributed by atoms with Gasteiger partial charge in [0.25, 0.3) is 0 Å². The van der Waals surface area contributed by atoms with Crippen molar-refractivity contribution >= 4 is 5.97 Å². The van der Waals surface area contributed by atoms with Gasteiger partial charge in [0.15, 0.2) is 0 Å². The van der Waals surface area contributed by atoms with Crippen molar-refractivity contribution in [2.45, 2.75) is 58.0 Å². The summed E-state index contributed by atoms with van der Waals surface area (Å²) >= 11 is 0. The van der Waals surface area contributed by atoms with E-state index < -0.39 is 11.6 Å². The molecule has 4 heteroatoms. The van der Waals surface area contributed by atoms with Crippen molar-refractivity contribution < 1.29 is 15.0 Å². The van der Waals surface area contributed by atoms with Gasteiger partial charge in [0.2, 0.25) is 0 Å². The van der Waals surface area contributed by atoms with E-state index in [1.807, 2.05) is 13.8 Å². The highest BCUT2D eigenvalue weighted by molar-refractivity contribution is 5.70. The van der Waals surface area contributed by atoms with Crippen LogP contribution in [0.5, 0.6) is 0 Å². The number of carbonyl (C=O) groups is 1. The summed E-state index contributed by atoms with van der Waals surface area (Å²) < 4.78 is 0. The molecule has 1 saturated carbocycles. The van der Waals surface area contributed by atoms with Gasteiger partial charge in [-0.15, -0.1) is 0 Å². The predicted octanol–water partition coefficient (Wildman–Crippen LogP) is 2.02. The van der Waals surface area contributed by atoms with Crippen LogP contribution in [0.1, 0.15) is 52.4 Å². The van der Waals surface area contributed by atoms with Gasteiger partial charge in [-0.1, -0.05) is 26.7 Å². The lowest BCUT2D eigenvalue weighted by Crippen LogP contribution is -2.43. The van der Waals surface area contributed by atoms with E-state index in [9.17, 15) is 15.0 Å². The molecule has 1 aliphatic carbocycles. The molecule has 0 aromatic heterocycles. The Hall–Kier alpha value is -0.610. The van der Waals surface area contributed by atoms with E-state index in [-0.39, 0.29) is 11.8 Å². The molecule has 3 N–H and O–H groups in total. The van der Waals surface area contributed by atoms with Crippen LogP contribution < -0.4 is 5.32 Å². The molecule has 1 rings (SSSR count). The van der Waals surface area contributed by atoms with Crippen LogP contribution in [0, 0.1) is 11.8 Å². The van der Waals surface area contributed by atoms with Gasteiger partial charge in [0.05, 0.1) is 11.5 Å². The number of carboxylic acid groups (broad SMARTS) is 1. The second-order valence-corrected chi connectivity index (χ2v) is 5.55. The summed E-state index contributed by atoms with van der Waals surface area (Å²) in [4.78, 5) is 11.2. The quantitative estimate of drug-likeness (QED) is 0.652. The molecular formula is C14H27NO3. The monoisotopic (exact) mass is 257 g/mol. The molecule has 0 bridgehead atoms. The molecule has 2 atom stereocenters. The highest BCUT2D eigenvalue weighted by atomic mass is 16.4. The first-order valence-electron chi connectivity index (χ1n) is 7.18. The zero-order chi connectivity index (χ0) is 13.6. The average Bonchev–Trinajstić information content (AvgIpc) is 2.39. The fraction of sp³-hybridized carbons (Fsp3) is 0.929. The largest absolute Gasteiger partial charge is 0.481 e. The third-order valence-corrected chi connectivity index (χ3v) is 4.40. The van der Waals surface area contributed by atoms with Crippen LogP contribution in [0.2, 0.25) is 0 Å². The predicted molar refractivity (Wildman–Crippen MR) is 71.5 cm³/mol. The first-order chi connectivity index (χ1) is 8.52. The Labute approximate surface area is 110 Å². The fourth-order valence-corrected chi connectivity index (χ4v) is 2.77. The van der Waals surface area contributed by atoms with Crippen molar-refractivity contribution in [2.75, 3.05) is 13.1 Å². The van der Waals surface area contributed by atoms with Gasteiger partial charge in [0.1, 0.15) is 0 Å². The van der Waals surface area contributed by atoms with E-state index in [0.717, 1.165) is 38.5 Å². The summed E-state index contributed by atoms with van der Waals surface area (Å²) in [6, 6.07) is 0. The number of aliphatic carboxylic acids is 1. The van der Waals surface area contributed by atoms with Crippen molar-refractivity contribution in [3.8, 4) is 0 Å². The van der Waals surface area contributed by atoms with Crippen molar-refractivity contribution in [1.82, 2.24) is 5.32 Å². The van der Waals surface area contributed by atoms with Crippen molar-refractivity contribution in [3.05, 3.63) is 0 Å². The number of hydrogen-bond donors (Lipinski definition) is 3. The summed E-state index contributed by atoms with van der Waals surface area (Å²) in [6.07, 6.45) is 5.39. The standard InChI is InChI=1S/C14H27NO3/c1-3-14(18,4-2)10-15-9-11-7-5-6-8-12(11)13(16)17/h11-12,15,18H,3-10H2,1-2H3,(H,16,17). The fourth-order valence-electron chi connectivity index (χ4n) is 2.77. The van der Waals surface area contributed by atoms with E-state index in [2.05, 4.69) is 5.32 Å². The average molecular weight is 257 g/mol. The first-order valence-corrected chi connectivity index (χ1v) is 7.18. The Morgan fingerprint density at radius 3 is 2.44 bits per heavy atom. The molecule has 0 aromatic rings. The van der Waals surface area contributed by atoms with Crippen molar-refractivity contribution in [3.63, 3.8) is 0 Å². The van der Waals surface area contributed by atoms with Crippen LogP contribution in [-0.2, 0) is 4.79 Å². The van der Waals surface area contributed by atoms with Crippen LogP contribution in [0.3, 0.4) is 0 Å². The number of rotatable bonds is 7. The molecule has 0 aromatic carbocycles. The van der Waals surface area contributed by atoms with Gasteiger partial charge in [-0.05, 0) is 38.1 Å². The summed E-state index contributed by atoms with van der Waals surface area (Å²) in [7, 11) is 0. The van der Waals surface area contributed by atoms with Gasteiger partial charge >= 0.3 is 5.97 Å². The Morgan fingerprint density at radius 2 is 1.89 bits per heavy atom. The van der Waals surface area contributed by atoms with Crippen LogP contribution in [-0.4, -0.2) is 34.9 Å². The first kappa shape index (κ1) is 15.4. The topological polar surface area (TPSA) is 69.6 Å². The lowest BCUT2D eigenvalue weighted by Gasteiger charge is -2.31. The number of carboxylic acids is 1. The molecule has 18 heavy (non-hydrogen) atoms. The summed E-state index contributed by atoms with van der Waals surface area (Å²) in [5.74, 6) is -0.653. The van der Waals surface area contributed by atoms with Gasteiger partial charge in [0, 0.05) is 6.54 Å². The molecule has 4 nitrogen and oxygen atoms in total. The van der Waals surface area contributed by atoms with Gasteiger partial charge in [-0.3, -0.25) is 4.79 Å². The van der Waals surface area contributed by atoms with Crippen molar-refractivity contribution in [1.29, 1.82) is 0 Å². The van der Waals surface area contributed by atoms with Crippen LogP contribution in [0.4, 0.5) is 0 Å². The van der Waals surface area contributed by atoms with Crippen LogP contribution >= 0.6 is 0 Å². The Morgan fingerprint density at radius 1 is 1.28 bits per heavy atom. The summed E-state index contributed by atoms with van der Waals surface area (Å²) in [5.41, 5.74) is -0.645. The minimum absolute atomic E-state index is 0.206. The lowest BCUT2D eigenvalue weighted by atomic mass is 9.79. The Balaban J connectivity index is 2.39. The normalized spacial score (nSPS) is 25.1. The van der Waals surface area contributed by atoms with E-state index in [4.69, 9.17) is 0 Å². The highest BCUT2D eigenvalue weighted by Crippen LogP contribution is 2.29. The third-order valence-electron chi connectivity index (χ3n) is 4.40. The molecular weight excluding hydrogens is 230 g/mol. The molecule has 0 radical (unpaired) electrons. The van der Waals surface area contributed by atoms with Crippen LogP contribution in [0.15, 0.2) is 0 Å². The zero-order valence-electron chi connectivity index (χ0n) is 11.6. The minimum Gasteiger partial charge on any atom is -0.481 e. The smallest absolute Gasteiger partial charge is 0.306 e. The van der Waals surface area contributed by atoms with Gasteiger partial charge in [-0.2, -0.15) is 0 Å². The SMILES string of the molecule is CCC(O)(CC)CNCC1CCCCC1C(=O)O. The summed E-state index contributed by atoms with van der Waals surface area (Å²) in [5, 5.41) is 22.6. The number of hydrogen-bond acceptors (Lipinski definition) is 3. The maximum atomic E-state index is 11.2. The Bertz CT molecular complexity index is 264. The van der Waals surface area contributed by atoms with E-state index in [0.29, 0.717) is 13.1 Å². The number of nitrogens with one attached hydrogen (secondary N) is 1. The molecule has 2 unspecified atom stereocenters. The third kappa shape index (κ3) is 4.25. The molecule has 1 fully saturated rings. The molecule has 0 heterocycles. The van der Waals surface area contributed by atoms with Crippen molar-refractivity contribution in [2.24, 2.45) is 11.8 Å². The number of aliphatic hydroxyl groups is 1. The van der Waals surface area contributed by atoms with E-state index >= 15 is 0 Å². The molecule has 0 spiro atoms. The lowest BCUT2D eigenvalue weighted by molar-refractivity contribution is -0.144.